The Morgan fingerprint density at radius 3 is 2.32 bits per heavy atom. The van der Waals surface area contributed by atoms with Crippen LogP contribution in [-0.2, 0) is 14.4 Å². The van der Waals surface area contributed by atoms with E-state index < -0.39 is 11.8 Å². The highest BCUT2D eigenvalue weighted by Crippen LogP contribution is 2.17. The second kappa shape index (κ2) is 11.8. The van der Waals surface area contributed by atoms with Gasteiger partial charge in [0, 0.05) is 16.9 Å². The summed E-state index contributed by atoms with van der Waals surface area (Å²) in [7, 11) is 1.56. The van der Waals surface area contributed by atoms with E-state index in [0.29, 0.717) is 28.4 Å². The van der Waals surface area contributed by atoms with Gasteiger partial charge in [-0.2, -0.15) is 5.10 Å². The first-order chi connectivity index (χ1) is 16.5. The van der Waals surface area contributed by atoms with Gasteiger partial charge in [-0.05, 0) is 55.0 Å². The number of amides is 3. The van der Waals surface area contributed by atoms with Crippen molar-refractivity contribution in [3.05, 3.63) is 83.9 Å². The Kier molecular flexibility index (Phi) is 8.34. The predicted molar refractivity (Wildman–Crippen MR) is 129 cm³/mol. The minimum Gasteiger partial charge on any atom is -0.497 e. The minimum absolute atomic E-state index is 0.234. The molecular formula is C25H24N4O5. The number of rotatable bonds is 8. The molecule has 0 saturated carbocycles. The van der Waals surface area contributed by atoms with E-state index in [4.69, 9.17) is 9.47 Å². The van der Waals surface area contributed by atoms with E-state index in [1.807, 2.05) is 19.1 Å². The highest BCUT2D eigenvalue weighted by molar-refractivity contribution is 6.39. The molecule has 0 saturated heterocycles. The molecule has 3 amide bonds. The zero-order valence-electron chi connectivity index (χ0n) is 18.7. The summed E-state index contributed by atoms with van der Waals surface area (Å²) >= 11 is 0. The highest BCUT2D eigenvalue weighted by Gasteiger charge is 2.14. The quantitative estimate of drug-likeness (QED) is 0.271. The third-order valence-corrected chi connectivity index (χ3v) is 4.62. The number of anilines is 2. The van der Waals surface area contributed by atoms with Crippen molar-refractivity contribution in [3.63, 3.8) is 0 Å². The zero-order chi connectivity index (χ0) is 24.3. The molecular weight excluding hydrogens is 436 g/mol. The van der Waals surface area contributed by atoms with Crippen LogP contribution in [0, 0.1) is 6.92 Å². The summed E-state index contributed by atoms with van der Waals surface area (Å²) in [6.45, 7) is 1.59. The van der Waals surface area contributed by atoms with Crippen LogP contribution in [-0.4, -0.2) is 37.7 Å². The average Bonchev–Trinajstić information content (AvgIpc) is 2.85. The summed E-state index contributed by atoms with van der Waals surface area (Å²) < 4.78 is 10.7. The zero-order valence-corrected chi connectivity index (χ0v) is 18.7. The van der Waals surface area contributed by atoms with E-state index in [2.05, 4.69) is 21.2 Å². The first-order valence-corrected chi connectivity index (χ1v) is 10.3. The monoisotopic (exact) mass is 460 g/mol. The van der Waals surface area contributed by atoms with Gasteiger partial charge in [-0.25, -0.2) is 5.43 Å². The molecule has 0 aliphatic heterocycles. The summed E-state index contributed by atoms with van der Waals surface area (Å²) in [5, 5.41) is 9.07. The van der Waals surface area contributed by atoms with Gasteiger partial charge in [0.05, 0.1) is 13.3 Å². The molecule has 3 aromatic carbocycles. The van der Waals surface area contributed by atoms with Gasteiger partial charge in [-0.3, -0.25) is 14.4 Å². The molecule has 34 heavy (non-hydrogen) atoms. The van der Waals surface area contributed by atoms with E-state index in [1.165, 1.54) is 6.21 Å². The fraction of sp³-hybridized carbons (Fsp3) is 0.120. The summed E-state index contributed by atoms with van der Waals surface area (Å²) in [6.07, 6.45) is 1.33. The molecule has 0 aliphatic rings. The first-order valence-electron chi connectivity index (χ1n) is 10.3. The Balaban J connectivity index is 1.52. The minimum atomic E-state index is -0.920. The number of ether oxygens (including phenoxy) is 2. The summed E-state index contributed by atoms with van der Waals surface area (Å²) in [5.41, 5.74) is 4.67. The van der Waals surface area contributed by atoms with Crippen LogP contribution in [0.4, 0.5) is 11.4 Å². The Morgan fingerprint density at radius 1 is 0.882 bits per heavy atom. The first kappa shape index (κ1) is 24.0. The number of methoxy groups -OCH3 is 1. The van der Waals surface area contributed by atoms with E-state index in [0.717, 1.165) is 5.56 Å². The second-order valence-electron chi connectivity index (χ2n) is 7.07. The smallest absolute Gasteiger partial charge is 0.329 e. The summed E-state index contributed by atoms with van der Waals surface area (Å²) in [6, 6.07) is 20.8. The number of carbonyl (C=O) groups excluding carboxylic acids is 3. The molecule has 0 fully saturated rings. The SMILES string of the molecule is COc1ccc(NC(=O)COc2ccccc2/C=N\NC(=O)C(=O)Nc2ccccc2C)cc1. The number of hydrazone groups is 1. The van der Waals surface area contributed by atoms with Crippen molar-refractivity contribution >= 4 is 35.3 Å². The van der Waals surface area contributed by atoms with Crippen LogP contribution in [0.3, 0.4) is 0 Å². The molecule has 3 N–H and O–H groups in total. The lowest BCUT2D eigenvalue weighted by Gasteiger charge is -2.10. The van der Waals surface area contributed by atoms with Gasteiger partial charge >= 0.3 is 11.8 Å². The molecule has 9 heteroatoms. The van der Waals surface area contributed by atoms with Crippen LogP contribution in [0.1, 0.15) is 11.1 Å². The Labute approximate surface area is 196 Å². The average molecular weight is 460 g/mol. The topological polar surface area (TPSA) is 118 Å². The number of carbonyl (C=O) groups is 3. The van der Waals surface area contributed by atoms with Crippen molar-refractivity contribution in [2.24, 2.45) is 5.10 Å². The van der Waals surface area contributed by atoms with Crippen molar-refractivity contribution in [2.75, 3.05) is 24.4 Å². The van der Waals surface area contributed by atoms with Crippen LogP contribution in [0.2, 0.25) is 0 Å². The highest BCUT2D eigenvalue weighted by atomic mass is 16.5. The van der Waals surface area contributed by atoms with Gasteiger partial charge in [0.15, 0.2) is 6.61 Å². The maximum absolute atomic E-state index is 12.2. The van der Waals surface area contributed by atoms with Gasteiger partial charge < -0.3 is 20.1 Å². The predicted octanol–water partition coefficient (Wildman–Crippen LogP) is 3.11. The van der Waals surface area contributed by atoms with Crippen LogP contribution in [0.15, 0.2) is 77.9 Å². The Hall–Kier alpha value is -4.66. The Bertz CT molecular complexity index is 1190. The van der Waals surface area contributed by atoms with Gasteiger partial charge in [0.2, 0.25) is 0 Å². The molecule has 0 aliphatic carbocycles. The fourth-order valence-electron chi connectivity index (χ4n) is 2.84. The van der Waals surface area contributed by atoms with Crippen molar-refractivity contribution in [2.45, 2.75) is 6.92 Å². The molecule has 0 bridgehead atoms. The number of hydrogen-bond donors (Lipinski definition) is 3. The van der Waals surface area contributed by atoms with Crippen molar-refractivity contribution < 1.29 is 23.9 Å². The van der Waals surface area contributed by atoms with Crippen LogP contribution >= 0.6 is 0 Å². The number of hydrogen-bond acceptors (Lipinski definition) is 6. The molecule has 3 rings (SSSR count). The van der Waals surface area contributed by atoms with Crippen LogP contribution in [0.5, 0.6) is 11.5 Å². The van der Waals surface area contributed by atoms with Crippen molar-refractivity contribution in [1.29, 1.82) is 0 Å². The second-order valence-corrected chi connectivity index (χ2v) is 7.07. The fourth-order valence-corrected chi connectivity index (χ4v) is 2.84. The van der Waals surface area contributed by atoms with E-state index in [9.17, 15) is 14.4 Å². The van der Waals surface area contributed by atoms with E-state index in [-0.39, 0.29) is 12.5 Å². The Morgan fingerprint density at radius 2 is 1.59 bits per heavy atom. The summed E-state index contributed by atoms with van der Waals surface area (Å²) in [5.74, 6) is -1.04. The number of benzene rings is 3. The molecule has 0 heterocycles. The lowest BCUT2D eigenvalue weighted by atomic mass is 10.2. The van der Waals surface area contributed by atoms with E-state index in [1.54, 1.807) is 67.8 Å². The van der Waals surface area contributed by atoms with Gasteiger partial charge in [-0.15, -0.1) is 0 Å². The molecule has 174 valence electrons. The third kappa shape index (κ3) is 6.92. The molecule has 0 atom stereocenters. The van der Waals surface area contributed by atoms with Gasteiger partial charge in [-0.1, -0.05) is 30.3 Å². The molecule has 0 radical (unpaired) electrons. The molecule has 3 aromatic rings. The third-order valence-electron chi connectivity index (χ3n) is 4.62. The molecule has 0 spiro atoms. The van der Waals surface area contributed by atoms with Crippen LogP contribution < -0.4 is 25.5 Å². The van der Waals surface area contributed by atoms with E-state index >= 15 is 0 Å². The van der Waals surface area contributed by atoms with Gasteiger partial charge in [0.25, 0.3) is 5.91 Å². The maximum atomic E-state index is 12.2. The number of aryl methyl sites for hydroxylation is 1. The molecule has 9 nitrogen and oxygen atoms in total. The van der Waals surface area contributed by atoms with Gasteiger partial charge in [0.1, 0.15) is 11.5 Å². The van der Waals surface area contributed by atoms with Crippen molar-refractivity contribution in [3.8, 4) is 11.5 Å². The maximum Gasteiger partial charge on any atom is 0.329 e. The van der Waals surface area contributed by atoms with Crippen molar-refractivity contribution in [1.82, 2.24) is 5.43 Å². The summed E-state index contributed by atoms with van der Waals surface area (Å²) in [4.78, 5) is 36.3. The molecule has 0 aromatic heterocycles. The standard InChI is InChI=1S/C25H24N4O5/c1-17-7-3-5-9-21(17)28-24(31)25(32)29-26-15-18-8-4-6-10-22(18)34-16-23(30)27-19-11-13-20(33-2)14-12-19/h3-15H,16H2,1-2H3,(H,27,30)(H,28,31)(H,29,32)/b26-15-. The van der Waals surface area contributed by atoms with Crippen LogP contribution in [0.25, 0.3) is 0 Å². The lowest BCUT2D eigenvalue weighted by molar-refractivity contribution is -0.136. The largest absolute Gasteiger partial charge is 0.497 e. The number of nitrogens with one attached hydrogen (secondary N) is 3. The molecule has 0 unspecified atom stereocenters. The number of nitrogens with zero attached hydrogens (tertiary/aromatic N) is 1. The lowest BCUT2D eigenvalue weighted by Crippen LogP contribution is -2.32. The number of para-hydroxylation sites is 2. The normalized spacial score (nSPS) is 10.4.